The number of aromatic nitrogens is 5. The molecule has 3 atom stereocenters. The predicted octanol–water partition coefficient (Wildman–Crippen LogP) is 4.83. The first-order valence-electron chi connectivity index (χ1n) is 16.2. The Balaban J connectivity index is 1.25. The third-order valence-electron chi connectivity index (χ3n) is 10.1. The van der Waals surface area contributed by atoms with E-state index in [1.165, 1.54) is 0 Å². The van der Waals surface area contributed by atoms with Crippen LogP contribution >= 0.6 is 0 Å². The summed E-state index contributed by atoms with van der Waals surface area (Å²) in [5.41, 5.74) is 4.37. The van der Waals surface area contributed by atoms with Gasteiger partial charge in [-0.2, -0.15) is 15.1 Å². The van der Waals surface area contributed by atoms with E-state index in [2.05, 4.69) is 33.0 Å². The van der Waals surface area contributed by atoms with E-state index in [0.29, 0.717) is 42.1 Å². The molecule has 0 radical (unpaired) electrons. The summed E-state index contributed by atoms with van der Waals surface area (Å²) in [6.07, 6.45) is 10.5. The first-order chi connectivity index (χ1) is 21.6. The van der Waals surface area contributed by atoms with Gasteiger partial charge < -0.3 is 19.1 Å². The van der Waals surface area contributed by atoms with Gasteiger partial charge >= 0.3 is 6.01 Å². The van der Waals surface area contributed by atoms with E-state index in [1.54, 1.807) is 12.4 Å². The van der Waals surface area contributed by atoms with E-state index in [-0.39, 0.29) is 17.6 Å². The maximum Gasteiger partial charge on any atom is 0.319 e. The molecule has 10 nitrogen and oxygen atoms in total. The number of fused-ring (bicyclic) bond motifs is 8. The van der Waals surface area contributed by atoms with Gasteiger partial charge in [0.25, 0.3) is 0 Å². The highest BCUT2D eigenvalue weighted by atomic mass is 19.1. The topological polar surface area (TPSA) is 102 Å². The first-order valence-corrected chi connectivity index (χ1v) is 16.2. The van der Waals surface area contributed by atoms with Crippen molar-refractivity contribution in [2.75, 3.05) is 57.6 Å². The summed E-state index contributed by atoms with van der Waals surface area (Å²) in [4.78, 5) is 19.2. The summed E-state index contributed by atoms with van der Waals surface area (Å²) in [6, 6.07) is 3.03. The fourth-order valence-corrected chi connectivity index (χ4v) is 7.81. The molecule has 0 unspecified atom stereocenters. The average molecular weight is 602 g/mol. The molecular formula is C33H40FN7O3. The molecule has 0 aliphatic carbocycles. The van der Waals surface area contributed by atoms with Gasteiger partial charge in [-0.3, -0.25) is 15.0 Å². The molecule has 6 bridgehead atoms. The van der Waals surface area contributed by atoms with Crippen molar-refractivity contribution in [3.8, 4) is 17.3 Å². The van der Waals surface area contributed by atoms with Gasteiger partial charge in [0.1, 0.15) is 23.6 Å². The molecule has 3 saturated heterocycles. The monoisotopic (exact) mass is 601 g/mol. The SMILES string of the molecule is Cc1cc2[nH]ncc2c2c1CCCCOC[C@@H]1CCCN(C1)c1nc(OC[C@@H]3CC[C@@H]4COCCN43)nc3c(F)c-2ncc13. The van der Waals surface area contributed by atoms with E-state index >= 15 is 4.39 Å². The van der Waals surface area contributed by atoms with Crippen LogP contribution in [0.25, 0.3) is 33.1 Å². The molecule has 8 heterocycles. The highest BCUT2D eigenvalue weighted by Crippen LogP contribution is 2.39. The minimum atomic E-state index is -0.441. The largest absolute Gasteiger partial charge is 0.462 e. The van der Waals surface area contributed by atoms with Crippen molar-refractivity contribution in [3.05, 3.63) is 35.4 Å². The fraction of sp³-hybridized carbons (Fsp3) is 0.576. The minimum absolute atomic E-state index is 0.220. The Bertz CT molecular complexity index is 1680. The lowest BCUT2D eigenvalue weighted by atomic mass is 9.91. The second-order valence-corrected chi connectivity index (χ2v) is 12.9. The van der Waals surface area contributed by atoms with Crippen LogP contribution in [0.5, 0.6) is 6.01 Å². The summed E-state index contributed by atoms with van der Waals surface area (Å²) in [6.45, 7) is 8.04. The number of hydrogen-bond donors (Lipinski definition) is 1. The molecule has 44 heavy (non-hydrogen) atoms. The van der Waals surface area contributed by atoms with Gasteiger partial charge in [-0.25, -0.2) is 4.39 Å². The number of pyridine rings is 1. The molecule has 0 amide bonds. The third kappa shape index (κ3) is 5.08. The van der Waals surface area contributed by atoms with Crippen LogP contribution in [0.4, 0.5) is 10.2 Å². The van der Waals surface area contributed by atoms with Crippen molar-refractivity contribution in [2.24, 2.45) is 5.92 Å². The Morgan fingerprint density at radius 2 is 1.95 bits per heavy atom. The van der Waals surface area contributed by atoms with Crippen LogP contribution in [-0.4, -0.2) is 94.8 Å². The zero-order chi connectivity index (χ0) is 29.6. The molecule has 232 valence electrons. The Morgan fingerprint density at radius 1 is 1.02 bits per heavy atom. The lowest BCUT2D eigenvalue weighted by Crippen LogP contribution is -2.46. The van der Waals surface area contributed by atoms with Crippen LogP contribution in [0.3, 0.4) is 0 Å². The molecule has 11 heteroatoms. The average Bonchev–Trinajstić information content (AvgIpc) is 3.68. The molecule has 5 aliphatic heterocycles. The van der Waals surface area contributed by atoms with Crippen LogP contribution in [0, 0.1) is 18.7 Å². The number of anilines is 1. The van der Waals surface area contributed by atoms with Crippen LogP contribution in [-0.2, 0) is 15.9 Å². The number of nitrogens with zero attached hydrogens (tertiary/aromatic N) is 6. The van der Waals surface area contributed by atoms with Crippen molar-refractivity contribution in [3.63, 3.8) is 0 Å². The smallest absolute Gasteiger partial charge is 0.319 e. The lowest BCUT2D eigenvalue weighted by Gasteiger charge is -2.34. The van der Waals surface area contributed by atoms with Gasteiger partial charge in [0, 0.05) is 55.5 Å². The predicted molar refractivity (Wildman–Crippen MR) is 166 cm³/mol. The molecule has 3 aromatic heterocycles. The first kappa shape index (κ1) is 28.1. The number of morpholine rings is 1. The number of aromatic amines is 1. The van der Waals surface area contributed by atoms with Crippen LogP contribution in [0.15, 0.2) is 18.5 Å². The zero-order valence-electron chi connectivity index (χ0n) is 25.4. The van der Waals surface area contributed by atoms with Crippen molar-refractivity contribution in [1.29, 1.82) is 0 Å². The Labute approximate surface area is 256 Å². The van der Waals surface area contributed by atoms with Crippen molar-refractivity contribution in [1.82, 2.24) is 30.0 Å². The maximum absolute atomic E-state index is 17.0. The van der Waals surface area contributed by atoms with Gasteiger partial charge in [0.2, 0.25) is 0 Å². The van der Waals surface area contributed by atoms with Crippen LogP contribution in [0.1, 0.15) is 49.7 Å². The van der Waals surface area contributed by atoms with E-state index in [9.17, 15) is 0 Å². The molecule has 0 spiro atoms. The second kappa shape index (κ2) is 11.8. The minimum Gasteiger partial charge on any atom is -0.462 e. The molecule has 3 fully saturated rings. The summed E-state index contributed by atoms with van der Waals surface area (Å²) < 4.78 is 35.2. The number of ether oxygens (including phenoxy) is 3. The van der Waals surface area contributed by atoms with Gasteiger partial charge in [-0.15, -0.1) is 0 Å². The summed E-state index contributed by atoms with van der Waals surface area (Å²) in [7, 11) is 0. The Kier molecular flexibility index (Phi) is 7.55. The van der Waals surface area contributed by atoms with Gasteiger partial charge in [-0.1, -0.05) is 0 Å². The van der Waals surface area contributed by atoms with E-state index in [0.717, 1.165) is 112 Å². The number of benzene rings is 1. The second-order valence-electron chi connectivity index (χ2n) is 12.9. The molecule has 9 rings (SSSR count). The molecule has 1 aromatic carbocycles. The van der Waals surface area contributed by atoms with Gasteiger partial charge in [0.15, 0.2) is 5.82 Å². The number of hydrogen-bond acceptors (Lipinski definition) is 9. The lowest BCUT2D eigenvalue weighted by molar-refractivity contribution is -0.0101. The van der Waals surface area contributed by atoms with Crippen molar-refractivity contribution < 1.29 is 18.6 Å². The summed E-state index contributed by atoms with van der Waals surface area (Å²) in [5.74, 6) is 0.633. The highest BCUT2D eigenvalue weighted by Gasteiger charge is 2.36. The van der Waals surface area contributed by atoms with Crippen LogP contribution in [0.2, 0.25) is 0 Å². The number of aryl methyl sites for hydroxylation is 1. The van der Waals surface area contributed by atoms with Crippen molar-refractivity contribution >= 4 is 27.6 Å². The fourth-order valence-electron chi connectivity index (χ4n) is 7.81. The number of rotatable bonds is 3. The number of H-pyrrole nitrogens is 1. The summed E-state index contributed by atoms with van der Waals surface area (Å²) in [5, 5.41) is 8.84. The normalized spacial score (nSPS) is 24.7. The van der Waals surface area contributed by atoms with E-state index in [1.807, 2.05) is 0 Å². The maximum atomic E-state index is 17.0. The molecule has 1 N–H and O–H groups in total. The number of piperidine rings is 1. The van der Waals surface area contributed by atoms with Gasteiger partial charge in [-0.05, 0) is 75.0 Å². The van der Waals surface area contributed by atoms with Crippen LogP contribution < -0.4 is 9.64 Å². The molecule has 4 aromatic rings. The van der Waals surface area contributed by atoms with Gasteiger partial charge in [0.05, 0.1) is 36.9 Å². The van der Waals surface area contributed by atoms with E-state index in [4.69, 9.17) is 29.2 Å². The number of halogens is 1. The molecule has 0 saturated carbocycles. The molecule has 5 aliphatic rings. The van der Waals surface area contributed by atoms with Crippen molar-refractivity contribution in [2.45, 2.75) is 64.0 Å². The summed E-state index contributed by atoms with van der Waals surface area (Å²) >= 11 is 0. The Hall–Kier alpha value is -3.41. The Morgan fingerprint density at radius 3 is 2.91 bits per heavy atom. The molecular weight excluding hydrogens is 561 g/mol. The quantitative estimate of drug-likeness (QED) is 0.354. The third-order valence-corrected chi connectivity index (χ3v) is 10.1. The van der Waals surface area contributed by atoms with E-state index < -0.39 is 5.82 Å². The highest BCUT2D eigenvalue weighted by molar-refractivity contribution is 5.99. The standard InChI is InChI=1S/C33H40FN7O3/c1-20-13-27-25(15-36-39-27)28-24(20)6-2-3-11-42-17-21-5-4-9-40(16-21)32-26-14-35-31(28)29(34)30(26)37-33(38-32)44-19-23-8-7-22-18-43-12-10-41(22)23/h13-15,21-23H,2-12,16-19H2,1H3,(H,36,39)/t21-,22-,23+/m1/s1. The number of nitrogens with one attached hydrogen (secondary N) is 1. The zero-order valence-corrected chi connectivity index (χ0v) is 25.4.